The molecule has 0 amide bonds. The average Bonchev–Trinajstić information content (AvgIpc) is 2.79. The molecule has 4 rings (SSSR count). The van der Waals surface area contributed by atoms with Gasteiger partial charge in [0.15, 0.2) is 11.6 Å². The van der Waals surface area contributed by atoms with Crippen LogP contribution in [0.3, 0.4) is 0 Å². The van der Waals surface area contributed by atoms with E-state index in [1.807, 2.05) is 49.5 Å². The lowest BCUT2D eigenvalue weighted by Gasteiger charge is -2.03. The molecule has 4 aromatic rings. The van der Waals surface area contributed by atoms with Gasteiger partial charge in [0.1, 0.15) is 0 Å². The van der Waals surface area contributed by atoms with Gasteiger partial charge in [-0.3, -0.25) is 4.98 Å². The van der Waals surface area contributed by atoms with Crippen LogP contribution in [0.5, 0.6) is 0 Å². The number of pyridine rings is 1. The van der Waals surface area contributed by atoms with Crippen LogP contribution in [0.15, 0.2) is 85.1 Å². The van der Waals surface area contributed by atoms with Gasteiger partial charge < -0.3 is 0 Å². The van der Waals surface area contributed by atoms with Crippen molar-refractivity contribution in [2.45, 2.75) is 19.8 Å². The molecule has 3 aromatic carbocycles. The molecule has 152 valence electrons. The normalized spacial score (nSPS) is 10.9. The summed E-state index contributed by atoms with van der Waals surface area (Å²) < 4.78 is 26.8. The van der Waals surface area contributed by atoms with Gasteiger partial charge in [0.05, 0.1) is 5.69 Å². The molecule has 0 aliphatic rings. The van der Waals surface area contributed by atoms with Gasteiger partial charge in [-0.2, -0.15) is 0 Å². The first kappa shape index (κ1) is 20.5. The molecule has 0 fully saturated rings. The van der Waals surface area contributed by atoms with Crippen molar-refractivity contribution in [2.24, 2.45) is 0 Å². The fourth-order valence-corrected chi connectivity index (χ4v) is 3.35. The summed E-state index contributed by atoms with van der Waals surface area (Å²) in [4.78, 5) is 4.58. The third-order valence-corrected chi connectivity index (χ3v) is 5.07. The zero-order chi connectivity index (χ0) is 21.6. The van der Waals surface area contributed by atoms with Crippen molar-refractivity contribution in [1.82, 2.24) is 4.98 Å². The van der Waals surface area contributed by atoms with Crippen molar-refractivity contribution >= 4 is 10.8 Å². The summed E-state index contributed by atoms with van der Waals surface area (Å²) in [6.07, 6.45) is 8.16. The van der Waals surface area contributed by atoms with Crippen molar-refractivity contribution in [3.8, 4) is 23.1 Å². The van der Waals surface area contributed by atoms with E-state index in [2.05, 4.69) is 35.0 Å². The Labute approximate surface area is 181 Å². The minimum Gasteiger partial charge on any atom is -0.256 e. The topological polar surface area (TPSA) is 12.9 Å². The lowest BCUT2D eigenvalue weighted by molar-refractivity contribution is 0.511. The molecule has 3 heteroatoms. The van der Waals surface area contributed by atoms with E-state index in [0.717, 1.165) is 35.2 Å². The van der Waals surface area contributed by atoms with Gasteiger partial charge in [-0.1, -0.05) is 48.3 Å². The number of hydrogen-bond acceptors (Lipinski definition) is 1. The van der Waals surface area contributed by atoms with Gasteiger partial charge in [0.2, 0.25) is 0 Å². The summed E-state index contributed by atoms with van der Waals surface area (Å²) in [5.41, 5.74) is 4.81. The molecule has 0 spiro atoms. The van der Waals surface area contributed by atoms with Crippen LogP contribution in [0.1, 0.15) is 30.0 Å². The first-order chi connectivity index (χ1) is 15.1. The Kier molecular flexibility index (Phi) is 6.19. The summed E-state index contributed by atoms with van der Waals surface area (Å²) in [5, 5.41) is 1.27. The average molecular weight is 409 g/mol. The summed E-state index contributed by atoms with van der Waals surface area (Å²) in [5.74, 6) is 4.52. The molecule has 0 atom stereocenters. The van der Waals surface area contributed by atoms with Gasteiger partial charge in [-0.05, 0) is 78.6 Å². The fraction of sp³-hybridized carbons (Fsp3) is 0.107. The highest BCUT2D eigenvalue weighted by atomic mass is 19.2. The zero-order valence-electron chi connectivity index (χ0n) is 17.2. The van der Waals surface area contributed by atoms with E-state index >= 15 is 0 Å². The number of rotatable bonds is 4. The number of benzene rings is 3. The van der Waals surface area contributed by atoms with Crippen molar-refractivity contribution in [3.63, 3.8) is 0 Å². The SMILES string of the molecule is C/C=C/CCc1ccc(-c2ccc(C#Cc3ccc4cc(F)c(F)cc4c3)cc2)nc1. The molecule has 1 nitrogen and oxygen atoms in total. The number of aromatic nitrogens is 1. The molecule has 31 heavy (non-hydrogen) atoms. The van der Waals surface area contributed by atoms with E-state index in [4.69, 9.17) is 0 Å². The Hall–Kier alpha value is -3.77. The Morgan fingerprint density at radius 1 is 0.806 bits per heavy atom. The lowest BCUT2D eigenvalue weighted by atomic mass is 10.1. The first-order valence-corrected chi connectivity index (χ1v) is 10.2. The van der Waals surface area contributed by atoms with Crippen LogP contribution in [0, 0.1) is 23.5 Å². The molecule has 0 unspecified atom stereocenters. The molecule has 0 saturated carbocycles. The molecule has 0 saturated heterocycles. The highest BCUT2D eigenvalue weighted by molar-refractivity contribution is 5.84. The molecule has 0 bridgehead atoms. The van der Waals surface area contributed by atoms with Gasteiger partial charge in [-0.15, -0.1) is 0 Å². The highest BCUT2D eigenvalue weighted by Crippen LogP contribution is 2.20. The summed E-state index contributed by atoms with van der Waals surface area (Å²) >= 11 is 0. The van der Waals surface area contributed by atoms with E-state index < -0.39 is 11.6 Å². The van der Waals surface area contributed by atoms with Crippen molar-refractivity contribution in [2.75, 3.05) is 0 Å². The number of aryl methyl sites for hydroxylation is 1. The smallest absolute Gasteiger partial charge is 0.159 e. The molecule has 0 N–H and O–H groups in total. The minimum absolute atomic E-state index is 0.626. The standard InChI is InChI=1S/C28H21F2N/c1-2-3-4-5-22-11-15-28(31-19-22)23-12-8-20(9-13-23)6-7-21-10-14-24-17-26(29)27(30)18-25(24)16-21/h2-3,8-19H,4-5H2,1H3/b3-2+. The number of allylic oxidation sites excluding steroid dienone is 2. The monoisotopic (exact) mass is 409 g/mol. The van der Waals surface area contributed by atoms with Crippen LogP contribution in [-0.4, -0.2) is 4.98 Å². The molecule has 0 aliphatic carbocycles. The highest BCUT2D eigenvalue weighted by Gasteiger charge is 2.04. The van der Waals surface area contributed by atoms with Crippen LogP contribution in [0.25, 0.3) is 22.0 Å². The number of fused-ring (bicyclic) bond motifs is 1. The molecule has 0 radical (unpaired) electrons. The van der Waals surface area contributed by atoms with Crippen LogP contribution < -0.4 is 0 Å². The fourth-order valence-electron chi connectivity index (χ4n) is 3.35. The van der Waals surface area contributed by atoms with Crippen LogP contribution in [-0.2, 0) is 6.42 Å². The largest absolute Gasteiger partial charge is 0.256 e. The van der Waals surface area contributed by atoms with Gasteiger partial charge in [0.25, 0.3) is 0 Å². The Morgan fingerprint density at radius 2 is 1.52 bits per heavy atom. The van der Waals surface area contributed by atoms with Crippen molar-refractivity contribution in [1.29, 1.82) is 0 Å². The van der Waals surface area contributed by atoms with Gasteiger partial charge >= 0.3 is 0 Å². The summed E-state index contributed by atoms with van der Waals surface area (Å²) in [7, 11) is 0. The predicted octanol–water partition coefficient (Wildman–Crippen LogP) is 7.09. The van der Waals surface area contributed by atoms with Gasteiger partial charge in [0, 0.05) is 22.9 Å². The lowest BCUT2D eigenvalue weighted by Crippen LogP contribution is -1.88. The molecule has 0 aliphatic heterocycles. The maximum atomic E-state index is 13.5. The third kappa shape index (κ3) is 5.05. The van der Waals surface area contributed by atoms with E-state index in [-0.39, 0.29) is 0 Å². The van der Waals surface area contributed by atoms with Crippen molar-refractivity contribution < 1.29 is 8.78 Å². The summed E-state index contributed by atoms with van der Waals surface area (Å²) in [6, 6.07) is 19.8. The van der Waals surface area contributed by atoms with Crippen molar-refractivity contribution in [3.05, 3.63) is 113 Å². The first-order valence-electron chi connectivity index (χ1n) is 10.2. The van der Waals surface area contributed by atoms with E-state index in [1.54, 1.807) is 12.1 Å². The number of nitrogens with zero attached hydrogens (tertiary/aromatic N) is 1. The molecule has 1 heterocycles. The number of hydrogen-bond donors (Lipinski definition) is 0. The van der Waals surface area contributed by atoms with E-state index in [0.29, 0.717) is 10.8 Å². The zero-order valence-corrected chi connectivity index (χ0v) is 17.2. The second-order valence-electron chi connectivity index (χ2n) is 7.31. The quantitative estimate of drug-likeness (QED) is 0.259. The third-order valence-electron chi connectivity index (χ3n) is 5.07. The van der Waals surface area contributed by atoms with Crippen LogP contribution in [0.4, 0.5) is 8.78 Å². The second-order valence-corrected chi connectivity index (χ2v) is 7.31. The van der Waals surface area contributed by atoms with E-state index in [1.165, 1.54) is 17.7 Å². The molecule has 1 aromatic heterocycles. The summed E-state index contributed by atoms with van der Waals surface area (Å²) in [6.45, 7) is 2.03. The molecular weight excluding hydrogens is 388 g/mol. The molecular formula is C28H21F2N. The Balaban J connectivity index is 1.49. The van der Waals surface area contributed by atoms with Crippen LogP contribution >= 0.6 is 0 Å². The van der Waals surface area contributed by atoms with Gasteiger partial charge in [-0.25, -0.2) is 8.78 Å². The Morgan fingerprint density at radius 3 is 2.23 bits per heavy atom. The number of halogens is 2. The second kappa shape index (κ2) is 9.36. The van der Waals surface area contributed by atoms with Crippen LogP contribution in [0.2, 0.25) is 0 Å². The van der Waals surface area contributed by atoms with E-state index in [9.17, 15) is 8.78 Å². The maximum absolute atomic E-state index is 13.5. The maximum Gasteiger partial charge on any atom is 0.159 e. The minimum atomic E-state index is -0.854. The predicted molar refractivity (Wildman–Crippen MR) is 123 cm³/mol. The Bertz CT molecular complexity index is 1290.